The molecule has 0 saturated heterocycles. The fourth-order valence-electron chi connectivity index (χ4n) is 7.23. The quantitative estimate of drug-likeness (QED) is 0.0262. The Bertz CT molecular complexity index is 1190. The summed E-state index contributed by atoms with van der Waals surface area (Å²) in [6.45, 7) is 6.46. The Labute approximate surface area is 389 Å². The lowest BCUT2D eigenvalue weighted by Gasteiger charge is -2.18. The molecular formula is C57H98O6. The zero-order valence-electron chi connectivity index (χ0n) is 41.3. The third kappa shape index (κ3) is 49.7. The Hall–Kier alpha value is -3.15. The van der Waals surface area contributed by atoms with E-state index in [4.69, 9.17) is 14.2 Å². The summed E-state index contributed by atoms with van der Waals surface area (Å²) in [5.41, 5.74) is 0. The fraction of sp³-hybridized carbons (Fsp3) is 0.737. The van der Waals surface area contributed by atoms with Gasteiger partial charge in [0.25, 0.3) is 0 Å². The molecule has 0 N–H and O–H groups in total. The monoisotopic (exact) mass is 879 g/mol. The van der Waals surface area contributed by atoms with Crippen LogP contribution in [0.15, 0.2) is 72.9 Å². The van der Waals surface area contributed by atoms with E-state index >= 15 is 0 Å². The molecule has 0 radical (unpaired) electrons. The Morgan fingerprint density at radius 1 is 0.333 bits per heavy atom. The lowest BCUT2D eigenvalue weighted by molar-refractivity contribution is -0.167. The molecule has 362 valence electrons. The van der Waals surface area contributed by atoms with Crippen molar-refractivity contribution in [2.24, 2.45) is 0 Å². The third-order valence-electron chi connectivity index (χ3n) is 11.2. The largest absolute Gasteiger partial charge is 0.462 e. The first-order valence-corrected chi connectivity index (χ1v) is 26.4. The lowest BCUT2D eigenvalue weighted by atomic mass is 10.1. The molecule has 0 aromatic heterocycles. The minimum absolute atomic E-state index is 0.0829. The molecule has 0 aromatic rings. The number of esters is 3. The van der Waals surface area contributed by atoms with Gasteiger partial charge in [-0.1, -0.05) is 216 Å². The second-order valence-corrected chi connectivity index (χ2v) is 17.4. The predicted molar refractivity (Wildman–Crippen MR) is 270 cm³/mol. The van der Waals surface area contributed by atoms with E-state index in [0.717, 1.165) is 109 Å². The number of carbonyl (C=O) groups excluding carboxylic acids is 3. The normalized spacial score (nSPS) is 12.6. The zero-order valence-corrected chi connectivity index (χ0v) is 41.3. The van der Waals surface area contributed by atoms with Crippen LogP contribution in [0, 0.1) is 0 Å². The smallest absolute Gasteiger partial charge is 0.306 e. The molecular weight excluding hydrogens is 781 g/mol. The van der Waals surface area contributed by atoms with Crippen molar-refractivity contribution >= 4 is 17.9 Å². The van der Waals surface area contributed by atoms with Crippen molar-refractivity contribution in [1.29, 1.82) is 0 Å². The molecule has 0 heterocycles. The van der Waals surface area contributed by atoms with E-state index in [0.29, 0.717) is 19.3 Å². The van der Waals surface area contributed by atoms with Gasteiger partial charge in [0, 0.05) is 19.3 Å². The second kappa shape index (κ2) is 51.5. The average molecular weight is 879 g/mol. The highest BCUT2D eigenvalue weighted by atomic mass is 16.6. The van der Waals surface area contributed by atoms with Crippen LogP contribution in [0.2, 0.25) is 0 Å². The van der Waals surface area contributed by atoms with Crippen LogP contribution in [0.3, 0.4) is 0 Å². The number of rotatable bonds is 47. The highest BCUT2D eigenvalue weighted by molar-refractivity contribution is 5.71. The maximum absolute atomic E-state index is 12.8. The SMILES string of the molecule is CC/C=C\C/C=C\C/C=C\C/C=C\C/C=C\CCCCCCCC(=O)OCC(COC(=O)CCCCCCCCC)OC(=O)CCCCCCCCC/C=C\CCCCCCCC. The Balaban J connectivity index is 4.29. The molecule has 0 aliphatic heterocycles. The number of unbranched alkanes of at least 4 members (excludes halogenated alkanes) is 24. The summed E-state index contributed by atoms with van der Waals surface area (Å²) in [6.07, 6.45) is 64.7. The van der Waals surface area contributed by atoms with Gasteiger partial charge in [-0.25, -0.2) is 0 Å². The van der Waals surface area contributed by atoms with Crippen molar-refractivity contribution in [3.05, 3.63) is 72.9 Å². The molecule has 1 atom stereocenters. The molecule has 0 amide bonds. The number of carbonyl (C=O) groups is 3. The highest BCUT2D eigenvalue weighted by Gasteiger charge is 2.19. The van der Waals surface area contributed by atoms with Gasteiger partial charge in [-0.15, -0.1) is 0 Å². The van der Waals surface area contributed by atoms with Crippen LogP contribution in [-0.4, -0.2) is 37.2 Å². The molecule has 0 spiro atoms. The van der Waals surface area contributed by atoms with E-state index in [1.54, 1.807) is 0 Å². The summed E-state index contributed by atoms with van der Waals surface area (Å²) in [5, 5.41) is 0. The van der Waals surface area contributed by atoms with Crippen molar-refractivity contribution in [3.8, 4) is 0 Å². The zero-order chi connectivity index (χ0) is 45.8. The third-order valence-corrected chi connectivity index (χ3v) is 11.2. The van der Waals surface area contributed by atoms with E-state index in [9.17, 15) is 14.4 Å². The van der Waals surface area contributed by atoms with E-state index < -0.39 is 6.10 Å². The fourth-order valence-corrected chi connectivity index (χ4v) is 7.23. The summed E-state index contributed by atoms with van der Waals surface area (Å²) in [5.74, 6) is -0.911. The highest BCUT2D eigenvalue weighted by Crippen LogP contribution is 2.14. The van der Waals surface area contributed by atoms with E-state index in [1.165, 1.54) is 103 Å². The van der Waals surface area contributed by atoms with Crippen LogP contribution in [0.5, 0.6) is 0 Å². The van der Waals surface area contributed by atoms with Gasteiger partial charge in [0.1, 0.15) is 13.2 Å². The first-order chi connectivity index (χ1) is 31.0. The van der Waals surface area contributed by atoms with Gasteiger partial charge in [0.05, 0.1) is 0 Å². The summed E-state index contributed by atoms with van der Waals surface area (Å²) in [7, 11) is 0. The Morgan fingerprint density at radius 3 is 0.984 bits per heavy atom. The summed E-state index contributed by atoms with van der Waals surface area (Å²) in [4.78, 5) is 37.8. The van der Waals surface area contributed by atoms with Crippen LogP contribution < -0.4 is 0 Å². The first-order valence-electron chi connectivity index (χ1n) is 26.4. The molecule has 6 nitrogen and oxygen atoms in total. The molecule has 6 heteroatoms. The molecule has 0 aliphatic carbocycles. The lowest BCUT2D eigenvalue weighted by Crippen LogP contribution is -2.30. The predicted octanol–water partition coefficient (Wildman–Crippen LogP) is 17.4. The first kappa shape index (κ1) is 59.9. The molecule has 63 heavy (non-hydrogen) atoms. The van der Waals surface area contributed by atoms with Crippen LogP contribution >= 0.6 is 0 Å². The maximum atomic E-state index is 12.8. The molecule has 1 unspecified atom stereocenters. The van der Waals surface area contributed by atoms with Gasteiger partial charge in [-0.05, 0) is 89.9 Å². The van der Waals surface area contributed by atoms with Crippen molar-refractivity contribution in [1.82, 2.24) is 0 Å². The van der Waals surface area contributed by atoms with Crippen LogP contribution in [0.1, 0.15) is 252 Å². The number of allylic oxidation sites excluding steroid dienone is 12. The molecule has 0 bridgehead atoms. The van der Waals surface area contributed by atoms with Crippen molar-refractivity contribution in [2.45, 2.75) is 258 Å². The van der Waals surface area contributed by atoms with Gasteiger partial charge in [-0.2, -0.15) is 0 Å². The van der Waals surface area contributed by atoms with Crippen molar-refractivity contribution < 1.29 is 28.6 Å². The van der Waals surface area contributed by atoms with E-state index in [2.05, 4.69) is 93.7 Å². The van der Waals surface area contributed by atoms with Crippen molar-refractivity contribution in [2.75, 3.05) is 13.2 Å². The number of hydrogen-bond acceptors (Lipinski definition) is 6. The van der Waals surface area contributed by atoms with Crippen LogP contribution in [0.4, 0.5) is 0 Å². The van der Waals surface area contributed by atoms with Crippen LogP contribution in [-0.2, 0) is 28.6 Å². The summed E-state index contributed by atoms with van der Waals surface area (Å²) >= 11 is 0. The Kier molecular flexibility index (Phi) is 48.9. The maximum Gasteiger partial charge on any atom is 0.306 e. The minimum Gasteiger partial charge on any atom is -0.462 e. The van der Waals surface area contributed by atoms with Gasteiger partial charge in [-0.3, -0.25) is 14.4 Å². The second-order valence-electron chi connectivity index (χ2n) is 17.4. The van der Waals surface area contributed by atoms with Gasteiger partial charge in [0.15, 0.2) is 6.10 Å². The van der Waals surface area contributed by atoms with E-state index in [1.807, 2.05) is 0 Å². The Morgan fingerprint density at radius 2 is 0.619 bits per heavy atom. The summed E-state index contributed by atoms with van der Waals surface area (Å²) in [6, 6.07) is 0. The molecule has 0 rings (SSSR count). The molecule has 0 aromatic carbocycles. The molecule has 0 aliphatic rings. The summed E-state index contributed by atoms with van der Waals surface area (Å²) < 4.78 is 16.7. The average Bonchev–Trinajstić information content (AvgIpc) is 3.28. The molecule has 0 fully saturated rings. The molecule has 0 saturated carbocycles. The van der Waals surface area contributed by atoms with Gasteiger partial charge >= 0.3 is 17.9 Å². The van der Waals surface area contributed by atoms with E-state index in [-0.39, 0.29) is 31.1 Å². The minimum atomic E-state index is -0.782. The number of ether oxygens (including phenoxy) is 3. The van der Waals surface area contributed by atoms with Crippen LogP contribution in [0.25, 0.3) is 0 Å². The van der Waals surface area contributed by atoms with Gasteiger partial charge < -0.3 is 14.2 Å². The topological polar surface area (TPSA) is 78.9 Å². The van der Waals surface area contributed by atoms with Gasteiger partial charge in [0.2, 0.25) is 0 Å². The van der Waals surface area contributed by atoms with Crippen molar-refractivity contribution in [3.63, 3.8) is 0 Å². The standard InChI is InChI=1S/C57H98O6/c1-4-7-10-13-16-18-20-22-24-26-27-28-29-31-32-34-36-38-41-44-47-50-56(59)62-53-54(52-61-55(58)49-46-43-40-15-12-9-6-3)63-57(60)51-48-45-42-39-37-35-33-30-25-23-21-19-17-14-11-8-5-2/h7,10,16,18,22-25,27-28,31-32,54H,4-6,8-9,11-15,17,19-21,26,29-30,33-53H2,1-3H3/b10-7-,18-16-,24-22-,25-23-,28-27-,32-31-. The number of hydrogen-bond donors (Lipinski definition) is 0.